The number of hydrogen-bond acceptors (Lipinski definition) is 4. The number of aliphatic hydroxyl groups excluding tert-OH is 1. The Morgan fingerprint density at radius 1 is 1.41 bits per heavy atom. The van der Waals surface area contributed by atoms with Gasteiger partial charge in [-0.15, -0.1) is 0 Å². The Labute approximate surface area is 105 Å². The van der Waals surface area contributed by atoms with Gasteiger partial charge in [-0.3, -0.25) is 4.90 Å². The summed E-state index contributed by atoms with van der Waals surface area (Å²) in [7, 11) is 4.33. The third kappa shape index (κ3) is 2.65. The van der Waals surface area contributed by atoms with E-state index in [2.05, 4.69) is 30.8 Å². The zero-order valence-corrected chi connectivity index (χ0v) is 11.4. The highest BCUT2D eigenvalue weighted by Crippen LogP contribution is 2.34. The quantitative estimate of drug-likeness (QED) is 0.736. The van der Waals surface area contributed by atoms with Crippen molar-refractivity contribution in [1.82, 2.24) is 9.80 Å². The summed E-state index contributed by atoms with van der Waals surface area (Å²) >= 11 is 0. The van der Waals surface area contributed by atoms with Crippen LogP contribution in [0.1, 0.15) is 26.2 Å². The van der Waals surface area contributed by atoms with E-state index < -0.39 is 0 Å². The van der Waals surface area contributed by atoms with E-state index in [0.717, 1.165) is 31.7 Å². The normalized spacial score (nSPS) is 43.8. The molecule has 1 aliphatic carbocycles. The van der Waals surface area contributed by atoms with E-state index in [9.17, 15) is 5.11 Å². The van der Waals surface area contributed by atoms with Crippen LogP contribution in [0.5, 0.6) is 0 Å². The highest BCUT2D eigenvalue weighted by Gasteiger charge is 2.42. The Hall–Kier alpha value is -0.160. The lowest BCUT2D eigenvalue weighted by Gasteiger charge is -2.27. The lowest BCUT2D eigenvalue weighted by atomic mass is 10.0. The van der Waals surface area contributed by atoms with Gasteiger partial charge in [-0.25, -0.2) is 0 Å². The molecule has 4 nitrogen and oxygen atoms in total. The van der Waals surface area contributed by atoms with Gasteiger partial charge in [0.1, 0.15) is 0 Å². The second-order valence-corrected chi connectivity index (χ2v) is 6.38. The number of hydrogen-bond donors (Lipinski definition) is 2. The summed E-state index contributed by atoms with van der Waals surface area (Å²) < 4.78 is 0. The summed E-state index contributed by atoms with van der Waals surface area (Å²) in [6.45, 7) is 4.79. The van der Waals surface area contributed by atoms with Crippen LogP contribution < -0.4 is 5.73 Å². The fourth-order valence-electron chi connectivity index (χ4n) is 3.54. The molecule has 100 valence electrons. The average Bonchev–Trinajstić information content (AvgIpc) is 2.83. The molecule has 0 spiro atoms. The smallest absolute Gasteiger partial charge is 0.0611 e. The molecule has 4 heteroatoms. The fraction of sp³-hybridized carbons (Fsp3) is 1.00. The molecule has 0 radical (unpaired) electrons. The van der Waals surface area contributed by atoms with E-state index >= 15 is 0 Å². The van der Waals surface area contributed by atoms with E-state index in [1.807, 2.05) is 0 Å². The second-order valence-electron chi connectivity index (χ2n) is 6.38. The van der Waals surface area contributed by atoms with Gasteiger partial charge in [0.05, 0.1) is 6.61 Å². The van der Waals surface area contributed by atoms with Crippen molar-refractivity contribution < 1.29 is 5.11 Å². The van der Waals surface area contributed by atoms with Gasteiger partial charge in [-0.1, -0.05) is 6.92 Å². The largest absolute Gasteiger partial charge is 0.394 e. The Balaban J connectivity index is 1.93. The van der Waals surface area contributed by atoms with E-state index in [-0.39, 0.29) is 12.1 Å². The fourth-order valence-corrected chi connectivity index (χ4v) is 3.54. The predicted molar refractivity (Wildman–Crippen MR) is 69.9 cm³/mol. The van der Waals surface area contributed by atoms with Gasteiger partial charge in [0.2, 0.25) is 0 Å². The van der Waals surface area contributed by atoms with Crippen LogP contribution in [0.25, 0.3) is 0 Å². The molecular formula is C13H27N3O. The Bertz CT molecular complexity index is 271. The lowest BCUT2D eigenvalue weighted by molar-refractivity contribution is 0.175. The summed E-state index contributed by atoms with van der Waals surface area (Å²) in [5, 5.41) is 9.33. The van der Waals surface area contributed by atoms with Crippen molar-refractivity contribution >= 4 is 0 Å². The molecule has 4 atom stereocenters. The van der Waals surface area contributed by atoms with Gasteiger partial charge < -0.3 is 15.7 Å². The minimum Gasteiger partial charge on any atom is -0.394 e. The highest BCUT2D eigenvalue weighted by molar-refractivity contribution is 5.00. The van der Waals surface area contributed by atoms with Crippen molar-refractivity contribution in [3.63, 3.8) is 0 Å². The first-order valence-electron chi connectivity index (χ1n) is 6.75. The van der Waals surface area contributed by atoms with Gasteiger partial charge in [0.25, 0.3) is 0 Å². The maximum absolute atomic E-state index is 9.33. The number of rotatable bonds is 3. The first-order chi connectivity index (χ1) is 7.95. The average molecular weight is 241 g/mol. The zero-order valence-electron chi connectivity index (χ0n) is 11.4. The molecule has 17 heavy (non-hydrogen) atoms. The summed E-state index contributed by atoms with van der Waals surface area (Å²) in [6, 6.07) is 1.25. The standard InChI is InChI=1S/C13H27N3O/c1-10-7-16(8-12(10)15(2)3)11-4-5-13(14,6-11)9-17/h10-12,17H,4-9,14H2,1-3H3. The lowest BCUT2D eigenvalue weighted by Crippen LogP contribution is -2.43. The van der Waals surface area contributed by atoms with Gasteiger partial charge in [-0.05, 0) is 39.3 Å². The minimum absolute atomic E-state index is 0.129. The molecule has 3 N–H and O–H groups in total. The molecule has 0 aromatic heterocycles. The van der Waals surface area contributed by atoms with Crippen molar-refractivity contribution in [2.45, 2.75) is 43.8 Å². The van der Waals surface area contributed by atoms with Crippen LogP contribution in [-0.4, -0.2) is 66.3 Å². The monoisotopic (exact) mass is 241 g/mol. The molecule has 0 bridgehead atoms. The molecule has 1 heterocycles. The van der Waals surface area contributed by atoms with E-state index in [1.165, 1.54) is 6.54 Å². The highest BCUT2D eigenvalue weighted by atomic mass is 16.3. The number of nitrogens with zero attached hydrogens (tertiary/aromatic N) is 2. The van der Waals surface area contributed by atoms with E-state index in [4.69, 9.17) is 5.73 Å². The number of aliphatic hydroxyl groups is 1. The van der Waals surface area contributed by atoms with Crippen molar-refractivity contribution in [2.24, 2.45) is 11.7 Å². The Morgan fingerprint density at radius 3 is 2.59 bits per heavy atom. The topological polar surface area (TPSA) is 52.7 Å². The first-order valence-corrected chi connectivity index (χ1v) is 6.75. The minimum atomic E-state index is -0.315. The molecule has 2 fully saturated rings. The SMILES string of the molecule is CC1CN(C2CCC(N)(CO)C2)CC1N(C)C. The van der Waals surface area contributed by atoms with Gasteiger partial charge in [-0.2, -0.15) is 0 Å². The summed E-state index contributed by atoms with van der Waals surface area (Å²) in [4.78, 5) is 4.92. The Kier molecular flexibility index (Phi) is 3.78. The van der Waals surface area contributed by atoms with Crippen LogP contribution in [0.15, 0.2) is 0 Å². The van der Waals surface area contributed by atoms with Gasteiger partial charge in [0, 0.05) is 30.7 Å². The van der Waals surface area contributed by atoms with Gasteiger partial charge >= 0.3 is 0 Å². The second kappa shape index (κ2) is 4.84. The van der Waals surface area contributed by atoms with Crippen molar-refractivity contribution in [3.8, 4) is 0 Å². The number of likely N-dealkylation sites (tertiary alicyclic amines) is 1. The van der Waals surface area contributed by atoms with Crippen LogP contribution in [-0.2, 0) is 0 Å². The van der Waals surface area contributed by atoms with Crippen LogP contribution in [0.3, 0.4) is 0 Å². The van der Waals surface area contributed by atoms with Gasteiger partial charge in [0.15, 0.2) is 0 Å². The molecule has 0 aromatic rings. The van der Waals surface area contributed by atoms with E-state index in [1.54, 1.807) is 0 Å². The number of likely N-dealkylation sites (N-methyl/N-ethyl adjacent to an activating group) is 1. The molecule has 4 unspecified atom stereocenters. The molecular weight excluding hydrogens is 214 g/mol. The third-order valence-electron chi connectivity index (χ3n) is 4.71. The maximum Gasteiger partial charge on any atom is 0.0611 e. The molecule has 1 aliphatic heterocycles. The zero-order chi connectivity index (χ0) is 12.6. The van der Waals surface area contributed by atoms with Crippen LogP contribution in [0.2, 0.25) is 0 Å². The maximum atomic E-state index is 9.33. The van der Waals surface area contributed by atoms with Crippen LogP contribution in [0.4, 0.5) is 0 Å². The summed E-state index contributed by atoms with van der Waals surface area (Å²) in [5.74, 6) is 0.729. The summed E-state index contributed by atoms with van der Waals surface area (Å²) in [5.41, 5.74) is 5.84. The molecule has 1 saturated carbocycles. The van der Waals surface area contributed by atoms with Crippen molar-refractivity contribution in [1.29, 1.82) is 0 Å². The predicted octanol–water partition coefficient (Wildman–Crippen LogP) is 0.111. The number of nitrogens with two attached hydrogens (primary N) is 1. The molecule has 1 saturated heterocycles. The van der Waals surface area contributed by atoms with E-state index in [0.29, 0.717) is 12.1 Å². The molecule has 0 aromatic carbocycles. The van der Waals surface area contributed by atoms with Crippen LogP contribution in [0, 0.1) is 5.92 Å². The summed E-state index contributed by atoms with van der Waals surface area (Å²) in [6.07, 6.45) is 3.06. The van der Waals surface area contributed by atoms with Crippen molar-refractivity contribution in [3.05, 3.63) is 0 Å². The van der Waals surface area contributed by atoms with Crippen LogP contribution >= 0.6 is 0 Å². The first kappa shape index (κ1) is 13.3. The molecule has 2 rings (SSSR count). The third-order valence-corrected chi connectivity index (χ3v) is 4.71. The molecule has 2 aliphatic rings. The molecule has 0 amide bonds. The Morgan fingerprint density at radius 2 is 2.12 bits per heavy atom. The van der Waals surface area contributed by atoms with Crippen molar-refractivity contribution in [2.75, 3.05) is 33.8 Å².